The van der Waals surface area contributed by atoms with Crippen molar-refractivity contribution in [3.05, 3.63) is 23.8 Å². The highest BCUT2D eigenvalue weighted by atomic mass is 15.0. The first kappa shape index (κ1) is 13.5. The number of hydrogen-bond acceptors (Lipinski definition) is 2. The topological polar surface area (TPSA) is 38.0 Å². The smallest absolute Gasteiger partial charge is 0.0579 e. The van der Waals surface area contributed by atoms with Crippen LogP contribution in [0.3, 0.4) is 0 Å². The third-order valence-corrected chi connectivity index (χ3v) is 6.70. The first-order chi connectivity index (χ1) is 10.1. The van der Waals surface area contributed by atoms with Crippen LogP contribution in [0, 0.1) is 30.1 Å². The molecule has 114 valence electrons. The molecule has 1 aromatic carbocycles. The van der Waals surface area contributed by atoms with Crippen molar-refractivity contribution in [1.29, 1.82) is 0 Å². The van der Waals surface area contributed by atoms with Crippen LogP contribution in [0.25, 0.3) is 0 Å². The summed E-state index contributed by atoms with van der Waals surface area (Å²) < 4.78 is 0. The van der Waals surface area contributed by atoms with E-state index in [2.05, 4.69) is 37.4 Å². The zero-order chi connectivity index (χ0) is 14.6. The first-order valence-electron chi connectivity index (χ1n) is 8.67. The molecule has 0 radical (unpaired) electrons. The number of anilines is 2. The van der Waals surface area contributed by atoms with Crippen molar-refractivity contribution in [3.63, 3.8) is 0 Å². The third kappa shape index (κ3) is 2.15. The molecule has 0 amide bonds. The van der Waals surface area contributed by atoms with Crippen LogP contribution in [0.5, 0.6) is 0 Å². The van der Waals surface area contributed by atoms with Gasteiger partial charge in [-0.1, -0.05) is 12.1 Å². The Morgan fingerprint density at radius 1 is 1.10 bits per heavy atom. The third-order valence-electron chi connectivity index (χ3n) is 6.70. The molecule has 4 saturated carbocycles. The molecule has 0 saturated heterocycles. The van der Waals surface area contributed by atoms with Gasteiger partial charge in [-0.25, -0.2) is 0 Å². The fourth-order valence-electron chi connectivity index (χ4n) is 5.90. The van der Waals surface area contributed by atoms with Crippen LogP contribution in [0.1, 0.15) is 51.0 Å². The van der Waals surface area contributed by atoms with E-state index in [0.717, 1.165) is 29.1 Å². The molecule has 0 aliphatic heterocycles. The number of para-hydroxylation sites is 1. The van der Waals surface area contributed by atoms with Gasteiger partial charge < -0.3 is 11.1 Å². The maximum atomic E-state index is 6.26. The number of nitrogens with one attached hydrogen (secondary N) is 1. The minimum atomic E-state index is 0.533. The lowest BCUT2D eigenvalue weighted by atomic mass is 9.48. The molecule has 4 fully saturated rings. The van der Waals surface area contributed by atoms with Crippen LogP contribution >= 0.6 is 0 Å². The van der Waals surface area contributed by atoms with Gasteiger partial charge in [0.15, 0.2) is 0 Å². The Hall–Kier alpha value is -1.18. The van der Waals surface area contributed by atoms with Crippen LogP contribution in [0.15, 0.2) is 18.2 Å². The fraction of sp³-hybridized carbons (Fsp3) is 0.684. The summed E-state index contributed by atoms with van der Waals surface area (Å²) in [5.74, 6) is 3.03. The molecule has 2 nitrogen and oxygen atoms in total. The Balaban J connectivity index is 1.57. The van der Waals surface area contributed by atoms with Crippen molar-refractivity contribution in [2.45, 2.75) is 58.4 Å². The summed E-state index contributed by atoms with van der Waals surface area (Å²) in [6.45, 7) is 4.49. The molecule has 4 bridgehead atoms. The van der Waals surface area contributed by atoms with Crippen LogP contribution in [0.4, 0.5) is 11.4 Å². The van der Waals surface area contributed by atoms with E-state index >= 15 is 0 Å². The average molecular weight is 284 g/mol. The molecule has 4 aliphatic carbocycles. The zero-order valence-electron chi connectivity index (χ0n) is 13.4. The van der Waals surface area contributed by atoms with Gasteiger partial charge in [0.05, 0.1) is 11.4 Å². The summed E-state index contributed by atoms with van der Waals surface area (Å²) in [6, 6.07) is 6.88. The van der Waals surface area contributed by atoms with Crippen molar-refractivity contribution < 1.29 is 0 Å². The van der Waals surface area contributed by atoms with E-state index in [-0.39, 0.29) is 0 Å². The van der Waals surface area contributed by atoms with Gasteiger partial charge in [0.1, 0.15) is 0 Å². The Bertz CT molecular complexity index is 513. The van der Waals surface area contributed by atoms with E-state index in [1.165, 1.54) is 44.1 Å². The summed E-state index contributed by atoms with van der Waals surface area (Å²) >= 11 is 0. The lowest BCUT2D eigenvalue weighted by Gasteiger charge is -2.59. The summed E-state index contributed by atoms with van der Waals surface area (Å²) in [5.41, 5.74) is 10.0. The Morgan fingerprint density at radius 2 is 1.67 bits per heavy atom. The van der Waals surface area contributed by atoms with E-state index in [1.54, 1.807) is 0 Å². The summed E-state index contributed by atoms with van der Waals surface area (Å²) in [6.07, 6.45) is 8.87. The molecular formula is C19H28N2. The van der Waals surface area contributed by atoms with Gasteiger partial charge >= 0.3 is 0 Å². The van der Waals surface area contributed by atoms with Gasteiger partial charge in [0.2, 0.25) is 0 Å². The number of aryl methyl sites for hydroxylation is 1. The maximum absolute atomic E-state index is 6.26. The number of benzene rings is 1. The standard InChI is InChI=1S/C19H28N2/c1-12-4-3-5-17(18(12)20)21-13(2)19-9-14-6-15(10-19)8-16(7-14)11-19/h3-5,13-16,21H,6-11,20H2,1-2H3. The highest BCUT2D eigenvalue weighted by molar-refractivity contribution is 5.69. The number of nitrogen functional groups attached to an aromatic ring is 1. The molecule has 1 unspecified atom stereocenters. The van der Waals surface area contributed by atoms with Crippen molar-refractivity contribution in [3.8, 4) is 0 Å². The summed E-state index contributed by atoms with van der Waals surface area (Å²) in [4.78, 5) is 0. The lowest BCUT2D eigenvalue weighted by Crippen LogP contribution is -2.52. The Kier molecular flexibility index (Phi) is 2.99. The van der Waals surface area contributed by atoms with Gasteiger partial charge in [0, 0.05) is 6.04 Å². The minimum Gasteiger partial charge on any atom is -0.397 e. The van der Waals surface area contributed by atoms with Crippen LogP contribution in [-0.4, -0.2) is 6.04 Å². The van der Waals surface area contributed by atoms with Crippen molar-refractivity contribution in [2.75, 3.05) is 11.1 Å². The first-order valence-corrected chi connectivity index (χ1v) is 8.67. The Morgan fingerprint density at radius 3 is 2.24 bits per heavy atom. The van der Waals surface area contributed by atoms with Crippen LogP contribution < -0.4 is 11.1 Å². The number of hydrogen-bond donors (Lipinski definition) is 2. The molecule has 0 heterocycles. The molecule has 5 rings (SSSR count). The lowest BCUT2D eigenvalue weighted by molar-refractivity contribution is -0.0602. The quantitative estimate of drug-likeness (QED) is 0.796. The van der Waals surface area contributed by atoms with E-state index in [9.17, 15) is 0 Å². The minimum absolute atomic E-state index is 0.533. The van der Waals surface area contributed by atoms with E-state index in [0.29, 0.717) is 11.5 Å². The second-order valence-electron chi connectivity index (χ2n) is 8.18. The van der Waals surface area contributed by atoms with Gasteiger partial charge in [-0.05, 0) is 87.2 Å². The van der Waals surface area contributed by atoms with Crippen molar-refractivity contribution in [2.24, 2.45) is 23.2 Å². The molecule has 21 heavy (non-hydrogen) atoms. The highest BCUT2D eigenvalue weighted by Gasteiger charge is 2.53. The predicted molar refractivity (Wildman–Crippen MR) is 89.3 cm³/mol. The van der Waals surface area contributed by atoms with Crippen LogP contribution in [0.2, 0.25) is 0 Å². The summed E-state index contributed by atoms with van der Waals surface area (Å²) in [7, 11) is 0. The SMILES string of the molecule is Cc1cccc(NC(C)C23CC4CC(CC(C4)C2)C3)c1N. The second-order valence-corrected chi connectivity index (χ2v) is 8.18. The predicted octanol–water partition coefficient (Wildman–Crippen LogP) is 4.59. The normalized spacial score (nSPS) is 38.5. The second kappa shape index (κ2) is 4.66. The molecule has 3 N–H and O–H groups in total. The highest BCUT2D eigenvalue weighted by Crippen LogP contribution is 2.61. The van der Waals surface area contributed by atoms with Crippen LogP contribution in [-0.2, 0) is 0 Å². The molecule has 0 spiro atoms. The molecule has 0 aromatic heterocycles. The summed E-state index contributed by atoms with van der Waals surface area (Å²) in [5, 5.41) is 3.78. The van der Waals surface area contributed by atoms with Crippen molar-refractivity contribution in [1.82, 2.24) is 0 Å². The molecule has 1 atom stereocenters. The molecular weight excluding hydrogens is 256 g/mol. The van der Waals surface area contributed by atoms with Gasteiger partial charge in [-0.2, -0.15) is 0 Å². The van der Waals surface area contributed by atoms with Gasteiger partial charge in [0.25, 0.3) is 0 Å². The Labute approximate surface area is 128 Å². The number of nitrogens with two attached hydrogens (primary N) is 1. The molecule has 2 heteroatoms. The van der Waals surface area contributed by atoms with E-state index in [1.807, 2.05) is 0 Å². The average Bonchev–Trinajstić information content (AvgIpc) is 2.42. The van der Waals surface area contributed by atoms with Gasteiger partial charge in [-0.15, -0.1) is 0 Å². The molecule has 1 aromatic rings. The maximum Gasteiger partial charge on any atom is 0.0579 e. The largest absolute Gasteiger partial charge is 0.397 e. The van der Waals surface area contributed by atoms with E-state index < -0.39 is 0 Å². The van der Waals surface area contributed by atoms with E-state index in [4.69, 9.17) is 5.73 Å². The monoisotopic (exact) mass is 284 g/mol. The number of rotatable bonds is 3. The van der Waals surface area contributed by atoms with Crippen molar-refractivity contribution >= 4 is 11.4 Å². The van der Waals surface area contributed by atoms with Gasteiger partial charge in [-0.3, -0.25) is 0 Å². The molecule has 4 aliphatic rings. The zero-order valence-corrected chi connectivity index (χ0v) is 13.4. The fourth-order valence-corrected chi connectivity index (χ4v) is 5.90.